The van der Waals surface area contributed by atoms with Crippen LogP contribution in [0.5, 0.6) is 11.5 Å². The standard InChI is InChI=1S/C16H22BrN3O2.C16H20BrN3O2.B.Na.H/c2*1-16(2,3)13(21)9-22-12-7-6-11-15(14(12)17)18-19-20(11)8-10-4-5-10;;;/h6-7,10,13,21H,4-5,8-9H2,1-3H3;6-7,10H,4-5,8-9H2,1-3H3;;;/q;;;+1;-1. The van der Waals surface area contributed by atoms with Crippen LogP contribution in [-0.4, -0.2) is 68.6 Å². The molecule has 2 aromatic heterocycles. The number of nitrogens with zero attached hydrogens (tertiary/aromatic N) is 6. The Hall–Kier alpha value is -1.51. The van der Waals surface area contributed by atoms with Gasteiger partial charge in [-0.1, -0.05) is 52.0 Å². The largest absolute Gasteiger partial charge is 1.00 e. The van der Waals surface area contributed by atoms with Crippen LogP contribution in [0.1, 0.15) is 68.7 Å². The van der Waals surface area contributed by atoms with E-state index in [4.69, 9.17) is 9.47 Å². The molecular weight excluding hydrogens is 726 g/mol. The van der Waals surface area contributed by atoms with Crippen molar-refractivity contribution in [3.8, 4) is 11.5 Å². The molecule has 3 radical (unpaired) electrons. The second-order valence-electron chi connectivity index (χ2n) is 14.1. The van der Waals surface area contributed by atoms with Gasteiger partial charge in [0.1, 0.15) is 35.7 Å². The van der Waals surface area contributed by atoms with Gasteiger partial charge in [-0.15, -0.1) is 10.2 Å². The van der Waals surface area contributed by atoms with Crippen LogP contribution < -0.4 is 39.0 Å². The predicted molar refractivity (Wildman–Crippen MR) is 184 cm³/mol. The zero-order valence-corrected chi connectivity index (χ0v) is 33.1. The first-order valence-corrected chi connectivity index (χ1v) is 16.8. The van der Waals surface area contributed by atoms with Crippen molar-refractivity contribution in [1.29, 1.82) is 0 Å². The maximum atomic E-state index is 12.0. The van der Waals surface area contributed by atoms with Crippen molar-refractivity contribution in [3.05, 3.63) is 33.2 Å². The first-order valence-electron chi connectivity index (χ1n) is 15.2. The molecule has 2 saturated carbocycles. The third kappa shape index (κ3) is 9.78. The monoisotopic (exact) mass is 767 g/mol. The maximum Gasteiger partial charge on any atom is 1.00 e. The third-order valence-corrected chi connectivity index (χ3v) is 9.56. The Kier molecular flexibility index (Phi) is 13.4. The number of hydrogen-bond acceptors (Lipinski definition) is 8. The number of ketones is 1. The van der Waals surface area contributed by atoms with Crippen LogP contribution in [0.15, 0.2) is 33.2 Å². The van der Waals surface area contributed by atoms with Gasteiger partial charge in [-0.3, -0.25) is 4.79 Å². The third-order valence-electron chi connectivity index (χ3n) is 8.03. The van der Waals surface area contributed by atoms with E-state index in [2.05, 4.69) is 52.5 Å². The molecule has 1 N–H and O–H groups in total. The fourth-order valence-corrected chi connectivity index (χ4v) is 5.39. The molecule has 2 fully saturated rings. The van der Waals surface area contributed by atoms with E-state index in [0.29, 0.717) is 11.5 Å². The zero-order chi connectivity index (χ0) is 31.8. The summed E-state index contributed by atoms with van der Waals surface area (Å²) in [5, 5.41) is 27.1. The summed E-state index contributed by atoms with van der Waals surface area (Å²) < 4.78 is 16.9. The summed E-state index contributed by atoms with van der Waals surface area (Å²) in [7, 11) is 0. The van der Waals surface area contributed by atoms with Gasteiger partial charge in [-0.05, 0) is 99.1 Å². The normalized spacial score (nSPS) is 15.4. The van der Waals surface area contributed by atoms with Crippen molar-refractivity contribution in [2.24, 2.45) is 22.7 Å². The average molecular weight is 769 g/mol. The second-order valence-corrected chi connectivity index (χ2v) is 15.7. The summed E-state index contributed by atoms with van der Waals surface area (Å²) in [5.41, 5.74) is 2.99. The summed E-state index contributed by atoms with van der Waals surface area (Å²) in [6, 6.07) is 7.73. The number of aromatic nitrogens is 6. The number of halogens is 2. The molecule has 6 rings (SSSR count). The Bertz CT molecular complexity index is 1650. The Morgan fingerprint density at radius 2 is 1.30 bits per heavy atom. The average Bonchev–Trinajstić information content (AvgIpc) is 3.87. The molecule has 0 aliphatic heterocycles. The molecule has 4 aromatic rings. The molecule has 0 amide bonds. The van der Waals surface area contributed by atoms with Gasteiger partial charge >= 0.3 is 29.6 Å². The van der Waals surface area contributed by atoms with E-state index >= 15 is 0 Å². The quantitative estimate of drug-likeness (QED) is 0.243. The van der Waals surface area contributed by atoms with Crippen molar-refractivity contribution in [2.45, 2.75) is 86.4 Å². The van der Waals surface area contributed by atoms with Crippen LogP contribution in [0, 0.1) is 22.7 Å². The second kappa shape index (κ2) is 15.8. The fraction of sp³-hybridized carbons (Fsp3) is 0.594. The van der Waals surface area contributed by atoms with Crippen molar-refractivity contribution in [2.75, 3.05) is 13.2 Å². The van der Waals surface area contributed by atoms with Gasteiger partial charge in [0.15, 0.2) is 5.78 Å². The topological polar surface area (TPSA) is 117 Å². The molecule has 2 aliphatic rings. The first kappa shape index (κ1) is 38.9. The number of carbonyl (C=O) groups excluding carboxylic acids is 1. The minimum atomic E-state index is -0.527. The van der Waals surface area contributed by atoms with Crippen molar-refractivity contribution >= 4 is 68.1 Å². The van der Waals surface area contributed by atoms with Crippen LogP contribution >= 0.6 is 31.9 Å². The SMILES string of the molecule is CC(C)(C)C(=O)COc1ccc2c(nnn2CC2CC2)c1Br.CC(C)(C)C(O)COc1ccc2c(nnn2CC2CC2)c1Br.[B].[H-].[Na+]. The van der Waals surface area contributed by atoms with Gasteiger partial charge in [0.05, 0.1) is 26.1 Å². The summed E-state index contributed by atoms with van der Waals surface area (Å²) in [5.74, 6) is 2.88. The van der Waals surface area contributed by atoms with E-state index in [1.54, 1.807) is 0 Å². The number of Topliss-reactive ketones (excluding diaryl/α,β-unsaturated/α-hetero) is 1. The van der Waals surface area contributed by atoms with Gasteiger partial charge < -0.3 is 16.0 Å². The number of carbonyl (C=O) groups is 1. The van der Waals surface area contributed by atoms with E-state index in [0.717, 1.165) is 55.9 Å². The van der Waals surface area contributed by atoms with E-state index in [9.17, 15) is 9.90 Å². The van der Waals surface area contributed by atoms with Crippen LogP contribution in [-0.2, 0) is 17.9 Å². The molecule has 14 heteroatoms. The predicted octanol–water partition coefficient (Wildman–Crippen LogP) is 3.72. The van der Waals surface area contributed by atoms with Crippen molar-refractivity contribution in [1.82, 2.24) is 30.0 Å². The number of aliphatic hydroxyl groups is 1. The van der Waals surface area contributed by atoms with Crippen LogP contribution in [0.2, 0.25) is 0 Å². The van der Waals surface area contributed by atoms with Gasteiger partial charge in [0, 0.05) is 26.9 Å². The first-order chi connectivity index (χ1) is 20.7. The summed E-state index contributed by atoms with van der Waals surface area (Å²) >= 11 is 7.08. The van der Waals surface area contributed by atoms with Gasteiger partial charge in [0.25, 0.3) is 0 Å². The molecule has 243 valence electrons. The van der Waals surface area contributed by atoms with Gasteiger partial charge in [-0.2, -0.15) is 0 Å². The van der Waals surface area contributed by atoms with Crippen molar-refractivity contribution < 1.29 is 50.4 Å². The molecule has 46 heavy (non-hydrogen) atoms. The van der Waals surface area contributed by atoms with Gasteiger partial charge in [-0.25, -0.2) is 9.36 Å². The van der Waals surface area contributed by atoms with Gasteiger partial charge in [0.2, 0.25) is 0 Å². The number of aliphatic hydroxyl groups excluding tert-OH is 1. The molecule has 2 aromatic carbocycles. The van der Waals surface area contributed by atoms with E-state index in [1.807, 2.05) is 75.2 Å². The smallest absolute Gasteiger partial charge is 1.00 e. The van der Waals surface area contributed by atoms with Crippen LogP contribution in [0.3, 0.4) is 0 Å². The Labute approximate surface area is 313 Å². The molecule has 0 bridgehead atoms. The minimum absolute atomic E-state index is 0. The maximum absolute atomic E-state index is 12.0. The molecule has 0 spiro atoms. The Morgan fingerprint density at radius 1 is 0.870 bits per heavy atom. The molecule has 2 heterocycles. The number of ether oxygens (including phenoxy) is 2. The number of rotatable bonds is 10. The molecule has 2 aliphatic carbocycles. The minimum Gasteiger partial charge on any atom is -1.00 e. The molecular formula is C32H43BBr2N6NaO4. The van der Waals surface area contributed by atoms with E-state index < -0.39 is 11.5 Å². The number of hydrogen-bond donors (Lipinski definition) is 1. The van der Waals surface area contributed by atoms with Crippen LogP contribution in [0.4, 0.5) is 0 Å². The summed E-state index contributed by atoms with van der Waals surface area (Å²) in [4.78, 5) is 12.0. The number of benzene rings is 2. The fourth-order valence-electron chi connectivity index (χ4n) is 4.33. The Morgan fingerprint density at radius 3 is 1.70 bits per heavy atom. The summed E-state index contributed by atoms with van der Waals surface area (Å²) in [6.07, 6.45) is 4.60. The molecule has 1 unspecified atom stereocenters. The zero-order valence-electron chi connectivity index (χ0n) is 28.9. The van der Waals surface area contributed by atoms with Crippen LogP contribution in [0.25, 0.3) is 22.1 Å². The molecule has 10 nitrogen and oxygen atoms in total. The Balaban J connectivity index is 0.000000307. The van der Waals surface area contributed by atoms with Crippen molar-refractivity contribution in [3.63, 3.8) is 0 Å². The van der Waals surface area contributed by atoms with E-state index in [-0.39, 0.29) is 63.8 Å². The summed E-state index contributed by atoms with van der Waals surface area (Å²) in [6.45, 7) is 13.8. The van der Waals surface area contributed by atoms with E-state index in [1.165, 1.54) is 25.7 Å². The molecule has 1 atom stereocenters. The number of fused-ring (bicyclic) bond motifs is 2. The molecule has 0 saturated heterocycles.